The minimum atomic E-state index is -0.403. The molecule has 0 unspecified atom stereocenters. The van der Waals surface area contributed by atoms with Gasteiger partial charge in [-0.1, -0.05) is 13.8 Å². The summed E-state index contributed by atoms with van der Waals surface area (Å²) >= 11 is 0. The van der Waals surface area contributed by atoms with E-state index in [4.69, 9.17) is 10.8 Å². The Morgan fingerprint density at radius 1 is 1.53 bits per heavy atom. The summed E-state index contributed by atoms with van der Waals surface area (Å²) in [5, 5.41) is 9.14. The average molecular weight is 214 g/mol. The van der Waals surface area contributed by atoms with Crippen molar-refractivity contribution in [2.75, 3.05) is 13.6 Å². The van der Waals surface area contributed by atoms with Gasteiger partial charge in [0.1, 0.15) is 0 Å². The number of nitrogens with zero attached hydrogens (tertiary/aromatic N) is 1. The van der Waals surface area contributed by atoms with Crippen molar-refractivity contribution >= 4 is 5.91 Å². The number of likely N-dealkylation sites (N-methyl/N-ethyl adjacent to an activating group) is 1. The van der Waals surface area contributed by atoms with Gasteiger partial charge < -0.3 is 15.7 Å². The highest BCUT2D eigenvalue weighted by Crippen LogP contribution is 2.27. The van der Waals surface area contributed by atoms with Gasteiger partial charge in [-0.2, -0.15) is 0 Å². The first kappa shape index (κ1) is 12.5. The Morgan fingerprint density at radius 2 is 2.07 bits per heavy atom. The predicted octanol–water partition coefficient (Wildman–Crippen LogP) is 0.199. The summed E-state index contributed by atoms with van der Waals surface area (Å²) in [4.78, 5) is 13.5. The summed E-state index contributed by atoms with van der Waals surface area (Å²) in [6.45, 7) is 4.61. The van der Waals surface area contributed by atoms with Crippen LogP contribution in [0.25, 0.3) is 0 Å². The van der Waals surface area contributed by atoms with Gasteiger partial charge in [0.05, 0.1) is 12.1 Å². The predicted molar refractivity (Wildman–Crippen MR) is 59.2 cm³/mol. The van der Waals surface area contributed by atoms with Crippen molar-refractivity contribution in [2.45, 2.75) is 38.8 Å². The lowest BCUT2D eigenvalue weighted by Gasteiger charge is -2.35. The van der Waals surface area contributed by atoms with Gasteiger partial charge in [-0.3, -0.25) is 4.79 Å². The summed E-state index contributed by atoms with van der Waals surface area (Å²) < 4.78 is 0. The van der Waals surface area contributed by atoms with Crippen molar-refractivity contribution in [3.8, 4) is 0 Å². The molecular weight excluding hydrogens is 192 g/mol. The lowest BCUT2D eigenvalue weighted by Crippen LogP contribution is -2.48. The number of aliphatic hydroxyl groups is 1. The minimum absolute atomic E-state index is 0.00592. The summed E-state index contributed by atoms with van der Waals surface area (Å²) in [5.74, 6) is 0.631. The highest BCUT2D eigenvalue weighted by Gasteiger charge is 2.30. The molecule has 4 heteroatoms. The van der Waals surface area contributed by atoms with Crippen molar-refractivity contribution in [1.82, 2.24) is 4.90 Å². The maximum Gasteiger partial charge on any atom is 0.239 e. The number of rotatable bonds is 4. The fourth-order valence-corrected chi connectivity index (χ4v) is 1.87. The third kappa shape index (κ3) is 3.18. The fourth-order valence-electron chi connectivity index (χ4n) is 1.87. The Labute approximate surface area is 91.4 Å². The van der Waals surface area contributed by atoms with Crippen LogP contribution in [0, 0.1) is 11.8 Å². The van der Waals surface area contributed by atoms with E-state index in [9.17, 15) is 4.79 Å². The fraction of sp³-hybridized carbons (Fsp3) is 0.909. The molecule has 88 valence electrons. The van der Waals surface area contributed by atoms with Gasteiger partial charge in [-0.05, 0) is 24.7 Å². The van der Waals surface area contributed by atoms with Crippen LogP contribution in [-0.4, -0.2) is 41.7 Å². The van der Waals surface area contributed by atoms with Crippen LogP contribution >= 0.6 is 0 Å². The van der Waals surface area contributed by atoms with Crippen LogP contribution in [-0.2, 0) is 4.79 Å². The number of nitrogens with two attached hydrogens (primary N) is 1. The molecule has 0 spiro atoms. The summed E-state index contributed by atoms with van der Waals surface area (Å²) in [6.07, 6.45) is 1.47. The van der Waals surface area contributed by atoms with E-state index in [-0.39, 0.29) is 17.9 Å². The van der Waals surface area contributed by atoms with Crippen LogP contribution in [0.4, 0.5) is 0 Å². The van der Waals surface area contributed by atoms with E-state index in [0.29, 0.717) is 5.92 Å². The van der Waals surface area contributed by atoms with Crippen LogP contribution < -0.4 is 5.73 Å². The van der Waals surface area contributed by atoms with Gasteiger partial charge in [-0.15, -0.1) is 0 Å². The zero-order valence-corrected chi connectivity index (χ0v) is 9.81. The Kier molecular flexibility index (Phi) is 4.11. The highest BCUT2D eigenvalue weighted by molar-refractivity contribution is 5.81. The Hall–Kier alpha value is -0.610. The number of amides is 1. The van der Waals surface area contributed by atoms with E-state index in [0.717, 1.165) is 19.4 Å². The number of aliphatic hydroxyl groups excluding tert-OH is 1. The molecular formula is C11H22N2O2. The second kappa shape index (κ2) is 4.94. The Morgan fingerprint density at radius 3 is 2.47 bits per heavy atom. The number of hydrogen-bond acceptors (Lipinski definition) is 3. The van der Waals surface area contributed by atoms with Gasteiger partial charge in [0, 0.05) is 13.6 Å². The molecule has 15 heavy (non-hydrogen) atoms. The summed E-state index contributed by atoms with van der Waals surface area (Å²) in [6, 6.07) is -0.403. The van der Waals surface area contributed by atoms with Crippen molar-refractivity contribution < 1.29 is 9.90 Å². The number of hydrogen-bond donors (Lipinski definition) is 2. The zero-order chi connectivity index (χ0) is 11.6. The van der Waals surface area contributed by atoms with E-state index >= 15 is 0 Å². The van der Waals surface area contributed by atoms with E-state index in [1.54, 1.807) is 11.9 Å². The lowest BCUT2D eigenvalue weighted by atomic mass is 9.82. The maximum absolute atomic E-state index is 11.8. The Bertz CT molecular complexity index is 225. The molecule has 1 fully saturated rings. The first-order valence-corrected chi connectivity index (χ1v) is 5.60. The van der Waals surface area contributed by atoms with Crippen molar-refractivity contribution in [3.63, 3.8) is 0 Å². The highest BCUT2D eigenvalue weighted by atomic mass is 16.3. The topological polar surface area (TPSA) is 66.6 Å². The first-order chi connectivity index (χ1) is 6.91. The van der Waals surface area contributed by atoms with Gasteiger partial charge >= 0.3 is 0 Å². The second-order valence-corrected chi connectivity index (χ2v) is 4.98. The maximum atomic E-state index is 11.8. The molecule has 1 amide bonds. The van der Waals surface area contributed by atoms with Gasteiger partial charge in [0.15, 0.2) is 0 Å². The molecule has 1 aliphatic carbocycles. The molecule has 3 N–H and O–H groups in total. The third-order valence-electron chi connectivity index (χ3n) is 3.12. The first-order valence-electron chi connectivity index (χ1n) is 5.60. The molecule has 0 bridgehead atoms. The standard InChI is InChI=1S/C11H22N2O2/c1-7(2)10(12)11(15)13(3)6-8-4-9(14)5-8/h7-10,14H,4-6,12H2,1-3H3/t8?,9?,10-/m0/s1. The normalized spacial score (nSPS) is 27.3. The second-order valence-electron chi connectivity index (χ2n) is 4.98. The molecule has 0 aliphatic heterocycles. The third-order valence-corrected chi connectivity index (χ3v) is 3.12. The quantitative estimate of drug-likeness (QED) is 0.702. The van der Waals surface area contributed by atoms with E-state index in [1.165, 1.54) is 0 Å². The molecule has 0 radical (unpaired) electrons. The molecule has 0 aromatic carbocycles. The summed E-state index contributed by atoms with van der Waals surface area (Å²) in [7, 11) is 1.79. The van der Waals surface area contributed by atoms with E-state index in [1.807, 2.05) is 13.8 Å². The zero-order valence-electron chi connectivity index (χ0n) is 9.81. The molecule has 1 aliphatic rings. The van der Waals surface area contributed by atoms with E-state index < -0.39 is 6.04 Å². The SMILES string of the molecule is CC(C)[C@H](N)C(=O)N(C)CC1CC(O)C1. The smallest absolute Gasteiger partial charge is 0.239 e. The largest absolute Gasteiger partial charge is 0.393 e. The number of carbonyl (C=O) groups excluding carboxylic acids is 1. The summed E-state index contributed by atoms with van der Waals surface area (Å²) in [5.41, 5.74) is 5.78. The monoisotopic (exact) mass is 214 g/mol. The number of carbonyl (C=O) groups is 1. The minimum Gasteiger partial charge on any atom is -0.393 e. The molecule has 0 saturated heterocycles. The average Bonchev–Trinajstić information content (AvgIpc) is 2.12. The van der Waals surface area contributed by atoms with Crippen molar-refractivity contribution in [2.24, 2.45) is 17.6 Å². The van der Waals surface area contributed by atoms with Crippen LogP contribution in [0.2, 0.25) is 0 Å². The van der Waals surface area contributed by atoms with Gasteiger partial charge in [-0.25, -0.2) is 0 Å². The van der Waals surface area contributed by atoms with Gasteiger partial charge in [0.25, 0.3) is 0 Å². The molecule has 1 saturated carbocycles. The van der Waals surface area contributed by atoms with E-state index in [2.05, 4.69) is 0 Å². The van der Waals surface area contributed by atoms with Crippen molar-refractivity contribution in [3.05, 3.63) is 0 Å². The van der Waals surface area contributed by atoms with Crippen LogP contribution in [0.1, 0.15) is 26.7 Å². The molecule has 1 atom stereocenters. The van der Waals surface area contributed by atoms with Crippen LogP contribution in [0.3, 0.4) is 0 Å². The molecule has 0 aromatic rings. The van der Waals surface area contributed by atoms with Gasteiger partial charge in [0.2, 0.25) is 5.91 Å². The van der Waals surface area contributed by atoms with Crippen LogP contribution in [0.5, 0.6) is 0 Å². The Balaban J connectivity index is 2.33. The molecule has 0 aromatic heterocycles. The molecule has 4 nitrogen and oxygen atoms in total. The molecule has 1 rings (SSSR count). The van der Waals surface area contributed by atoms with Crippen LogP contribution in [0.15, 0.2) is 0 Å². The van der Waals surface area contributed by atoms with Crippen molar-refractivity contribution in [1.29, 1.82) is 0 Å². The molecule has 0 heterocycles. The lowest BCUT2D eigenvalue weighted by molar-refractivity contribution is -0.133.